The van der Waals surface area contributed by atoms with Crippen molar-refractivity contribution in [3.8, 4) is 34.9 Å². The Kier molecular flexibility index (Phi) is 8.98. The molecule has 21 aromatic rings. The Bertz CT molecular complexity index is 6720. The zero-order valence-corrected chi connectivity index (χ0v) is 47.4. The zero-order chi connectivity index (χ0) is 58.8. The highest BCUT2D eigenvalue weighted by molar-refractivity contribution is 6.23. The van der Waals surface area contributed by atoms with E-state index in [1.54, 1.807) is 0 Å². The molecule has 0 amide bonds. The Labute approximate surface area is 507 Å². The first-order valence-corrected chi connectivity index (χ1v) is 30.0. The number of nitrogens with zero attached hydrogens (tertiary/aromatic N) is 6. The molecule has 0 aliphatic carbocycles. The van der Waals surface area contributed by atoms with Crippen LogP contribution in [-0.2, 0) is 0 Å². The summed E-state index contributed by atoms with van der Waals surface area (Å²) in [5.74, 6) is 0. The van der Waals surface area contributed by atoms with Crippen LogP contribution in [0.25, 0.3) is 198 Å². The molecule has 10 heteroatoms. The molecule has 8 heterocycles. The van der Waals surface area contributed by atoms with Crippen molar-refractivity contribution in [3.05, 3.63) is 254 Å². The lowest BCUT2D eigenvalue weighted by Gasteiger charge is -2.27. The van der Waals surface area contributed by atoms with E-state index in [1.807, 2.05) is 84.9 Å². The number of nitriles is 2. The molecule has 10 nitrogen and oxygen atoms in total. The summed E-state index contributed by atoms with van der Waals surface area (Å²) in [5.41, 5.74) is 15.6. The summed E-state index contributed by atoms with van der Waals surface area (Å²) in [6.45, 7) is 0. The van der Waals surface area contributed by atoms with Gasteiger partial charge in [-0.25, -0.2) is 0 Å². The Morgan fingerprint density at radius 3 is 0.711 bits per heavy atom. The monoisotopic (exact) mass is 1150 g/mol. The summed E-state index contributed by atoms with van der Waals surface area (Å²) in [7, 11) is 0. The lowest BCUT2D eigenvalue weighted by Crippen LogP contribution is -2.17. The van der Waals surface area contributed by atoms with Crippen LogP contribution < -0.4 is 0 Å². The van der Waals surface area contributed by atoms with E-state index in [4.69, 9.17) is 17.7 Å². The fourth-order valence-corrected chi connectivity index (χ4v) is 15.5. The molecule has 0 spiro atoms. The van der Waals surface area contributed by atoms with Crippen molar-refractivity contribution in [2.45, 2.75) is 0 Å². The van der Waals surface area contributed by atoms with Crippen molar-refractivity contribution >= 4 is 175 Å². The maximum Gasteiger partial charge on any atom is 0.136 e. The second kappa shape index (κ2) is 17.0. The van der Waals surface area contributed by atoms with Gasteiger partial charge < -0.3 is 35.9 Å². The number of rotatable bonds is 4. The molecule has 0 saturated heterocycles. The summed E-state index contributed by atoms with van der Waals surface area (Å²) in [6, 6.07) is 89.6. The number of fused-ring (bicyclic) bond motifs is 24. The quantitative estimate of drug-likeness (QED) is 0.173. The standard InChI is InChI=1S/C80H40N6O4/c81-41-59-77(83-61-25-9-1-17-43(61)51-37-73-55(33-65(51)83)47-21-5-13-29-69(47)87-73)60(42-82)79(85-63-27-11-3-19-45(63)53-39-75-57(35-67(53)85)49-23-7-15-31-71(49)89-75)80(86-64-28-12-4-20-46(64)54-40-76-58(36-68(54)86)50-24-8-16-32-72(50)90-76)78(59)84-62-26-10-2-18-44(62)52-38-74-56(34-66(52)84)48-22-6-14-30-70(48)88-74/h1-40H. The van der Waals surface area contributed by atoms with E-state index in [2.05, 4.69) is 188 Å². The topological polar surface area (TPSA) is 120 Å². The lowest BCUT2D eigenvalue weighted by atomic mass is 9.98. The van der Waals surface area contributed by atoms with Crippen LogP contribution in [-0.4, -0.2) is 18.3 Å². The smallest absolute Gasteiger partial charge is 0.136 e. The van der Waals surface area contributed by atoms with Gasteiger partial charge in [-0.05, 0) is 97.1 Å². The third kappa shape index (κ3) is 5.98. The largest absolute Gasteiger partial charge is 0.456 e. The number of hydrogen-bond acceptors (Lipinski definition) is 6. The molecular weight excluding hydrogens is 1110 g/mol. The van der Waals surface area contributed by atoms with Crippen LogP contribution in [0.5, 0.6) is 0 Å². The second-order valence-corrected chi connectivity index (χ2v) is 23.6. The van der Waals surface area contributed by atoms with Crippen molar-refractivity contribution in [1.82, 2.24) is 18.3 Å². The first-order valence-electron chi connectivity index (χ1n) is 30.0. The number of aromatic nitrogens is 4. The predicted octanol–water partition coefficient (Wildman–Crippen LogP) is 21.4. The van der Waals surface area contributed by atoms with Crippen LogP contribution in [0.4, 0.5) is 0 Å². The Hall–Kier alpha value is -12.8. The highest BCUT2D eigenvalue weighted by atomic mass is 16.3. The number of furan rings is 4. The normalized spacial score (nSPS) is 12.4. The van der Waals surface area contributed by atoms with Gasteiger partial charge in [0.25, 0.3) is 0 Å². The molecule has 0 radical (unpaired) electrons. The van der Waals surface area contributed by atoms with Gasteiger partial charge in [-0.3, -0.25) is 0 Å². The molecule has 0 bridgehead atoms. The number of hydrogen-bond donors (Lipinski definition) is 0. The molecule has 90 heavy (non-hydrogen) atoms. The van der Waals surface area contributed by atoms with Gasteiger partial charge in [0.15, 0.2) is 0 Å². The molecule has 0 aliphatic heterocycles. The van der Waals surface area contributed by atoms with E-state index in [1.165, 1.54) is 0 Å². The molecular formula is C80H40N6O4. The highest BCUT2D eigenvalue weighted by Crippen LogP contribution is 2.51. The molecule has 0 saturated carbocycles. The average Bonchev–Trinajstić information content (AvgIpc) is 1.58. The molecule has 0 atom stereocenters. The van der Waals surface area contributed by atoms with E-state index in [0.717, 1.165) is 175 Å². The van der Waals surface area contributed by atoms with E-state index in [-0.39, 0.29) is 11.1 Å². The maximum atomic E-state index is 13.1. The molecule has 0 N–H and O–H groups in total. The van der Waals surface area contributed by atoms with E-state index in [0.29, 0.717) is 22.7 Å². The van der Waals surface area contributed by atoms with Crippen molar-refractivity contribution in [1.29, 1.82) is 10.5 Å². The minimum atomic E-state index is 0.287. The summed E-state index contributed by atoms with van der Waals surface area (Å²) in [5, 5.41) is 41.2. The van der Waals surface area contributed by atoms with Crippen LogP contribution in [0.15, 0.2) is 260 Å². The zero-order valence-electron chi connectivity index (χ0n) is 47.4. The van der Waals surface area contributed by atoms with Gasteiger partial charge in [0.1, 0.15) is 67.9 Å². The highest BCUT2D eigenvalue weighted by Gasteiger charge is 2.36. The van der Waals surface area contributed by atoms with Gasteiger partial charge in [0, 0.05) is 86.2 Å². The van der Waals surface area contributed by atoms with Crippen molar-refractivity contribution < 1.29 is 17.7 Å². The van der Waals surface area contributed by atoms with Gasteiger partial charge in [0.05, 0.1) is 66.9 Å². The molecule has 8 aromatic heterocycles. The maximum absolute atomic E-state index is 13.1. The van der Waals surface area contributed by atoms with Gasteiger partial charge in [-0.15, -0.1) is 0 Å². The molecule has 0 unspecified atom stereocenters. The predicted molar refractivity (Wildman–Crippen MR) is 362 cm³/mol. The average molecular weight is 1150 g/mol. The Morgan fingerprint density at radius 1 is 0.200 bits per heavy atom. The minimum absolute atomic E-state index is 0.287. The molecule has 414 valence electrons. The molecule has 21 rings (SSSR count). The van der Waals surface area contributed by atoms with Gasteiger partial charge in [-0.1, -0.05) is 146 Å². The van der Waals surface area contributed by atoms with E-state index >= 15 is 0 Å². The summed E-state index contributed by atoms with van der Waals surface area (Å²) in [4.78, 5) is 0. The van der Waals surface area contributed by atoms with Crippen molar-refractivity contribution in [3.63, 3.8) is 0 Å². The third-order valence-corrected chi connectivity index (χ3v) is 19.2. The first kappa shape index (κ1) is 47.5. The summed E-state index contributed by atoms with van der Waals surface area (Å²) < 4.78 is 35.9. The lowest BCUT2D eigenvalue weighted by molar-refractivity contribution is 0.669. The Morgan fingerprint density at radius 2 is 0.433 bits per heavy atom. The van der Waals surface area contributed by atoms with E-state index in [9.17, 15) is 10.5 Å². The van der Waals surface area contributed by atoms with Gasteiger partial charge in [0.2, 0.25) is 0 Å². The van der Waals surface area contributed by atoms with Gasteiger partial charge >= 0.3 is 0 Å². The molecule has 0 fully saturated rings. The second-order valence-electron chi connectivity index (χ2n) is 23.6. The van der Waals surface area contributed by atoms with Crippen LogP contribution in [0, 0.1) is 22.7 Å². The first-order chi connectivity index (χ1) is 44.6. The molecule has 13 aromatic carbocycles. The van der Waals surface area contributed by atoms with Crippen LogP contribution in [0.3, 0.4) is 0 Å². The van der Waals surface area contributed by atoms with Crippen molar-refractivity contribution in [2.24, 2.45) is 0 Å². The third-order valence-electron chi connectivity index (χ3n) is 19.2. The molecule has 0 aliphatic rings. The summed E-state index contributed by atoms with van der Waals surface area (Å²) in [6.07, 6.45) is 0. The van der Waals surface area contributed by atoms with Crippen molar-refractivity contribution in [2.75, 3.05) is 0 Å². The van der Waals surface area contributed by atoms with Crippen LogP contribution in [0.1, 0.15) is 11.1 Å². The fourth-order valence-electron chi connectivity index (χ4n) is 15.5. The van der Waals surface area contributed by atoms with E-state index < -0.39 is 0 Å². The Balaban J connectivity index is 1.07. The SMILES string of the molecule is N#Cc1c(-n2c3ccccc3c3cc4oc5ccccc5c4cc32)c(C#N)c(-n2c3ccccc3c3cc4oc5ccccc5c4cc32)c(-n2c3ccccc3c3cc4oc5ccccc5c4cc32)c1-n1c2ccccc2c2cc3oc4ccccc4c3cc21. The minimum Gasteiger partial charge on any atom is -0.456 e. The number of para-hydroxylation sites is 8. The van der Waals surface area contributed by atoms with Gasteiger partial charge in [-0.2, -0.15) is 10.5 Å². The van der Waals surface area contributed by atoms with Crippen LogP contribution >= 0.6 is 0 Å². The number of benzene rings is 13. The fraction of sp³-hybridized carbons (Fsp3) is 0. The summed E-state index contributed by atoms with van der Waals surface area (Å²) >= 11 is 0. The van der Waals surface area contributed by atoms with Crippen LogP contribution in [0.2, 0.25) is 0 Å².